The Hall–Kier alpha value is -1.03. The van der Waals surface area contributed by atoms with Crippen molar-refractivity contribution in [3.05, 3.63) is 0 Å². The molecule has 1 rings (SSSR count). The molecule has 0 atom stereocenters. The van der Waals surface area contributed by atoms with Crippen LogP contribution >= 0.6 is 0 Å². The first kappa shape index (κ1) is 19.0. The molecule has 1 aliphatic rings. The van der Waals surface area contributed by atoms with Crippen LogP contribution in [0.5, 0.6) is 0 Å². The Morgan fingerprint density at radius 3 is 2.09 bits per heavy atom. The van der Waals surface area contributed by atoms with Crippen molar-refractivity contribution in [2.45, 2.75) is 18.8 Å². The van der Waals surface area contributed by atoms with E-state index in [-0.39, 0.29) is 6.54 Å². The average Bonchev–Trinajstić information content (AvgIpc) is 2.40. The van der Waals surface area contributed by atoms with Gasteiger partial charge >= 0.3 is 12.4 Å². The Morgan fingerprint density at radius 2 is 1.64 bits per heavy atom. The first-order chi connectivity index (χ1) is 10.0. The van der Waals surface area contributed by atoms with E-state index in [1.54, 1.807) is 0 Å². The van der Waals surface area contributed by atoms with Gasteiger partial charge in [0.15, 0.2) is 5.92 Å². The Morgan fingerprint density at radius 1 is 1.14 bits per heavy atom. The van der Waals surface area contributed by atoms with Crippen LogP contribution in [0.2, 0.25) is 0 Å². The summed E-state index contributed by atoms with van der Waals surface area (Å²) in [5, 5.41) is 0. The zero-order valence-corrected chi connectivity index (χ0v) is 12.0. The Balaban J connectivity index is 2.50. The molecule has 1 heterocycles. The van der Waals surface area contributed by atoms with Gasteiger partial charge in [0.2, 0.25) is 5.91 Å². The van der Waals surface area contributed by atoms with Crippen LogP contribution in [0.1, 0.15) is 6.42 Å². The van der Waals surface area contributed by atoms with Crippen molar-refractivity contribution in [3.8, 4) is 0 Å². The minimum absolute atomic E-state index is 0.0707. The average molecular weight is 336 g/mol. The lowest BCUT2D eigenvalue weighted by Crippen LogP contribution is -2.44. The van der Waals surface area contributed by atoms with Gasteiger partial charge in [0.25, 0.3) is 0 Å². The molecule has 1 amide bonds. The van der Waals surface area contributed by atoms with Gasteiger partial charge in [0, 0.05) is 39.6 Å². The number of hydrogen-bond donors (Lipinski definition) is 0. The fourth-order valence-electron chi connectivity index (χ4n) is 1.99. The van der Waals surface area contributed by atoms with Crippen LogP contribution in [0.25, 0.3) is 0 Å². The SMILES string of the molecule is CN(CCN1CCOCC1)C(=O)CC(C(F)(F)F)C(F)(F)F. The van der Waals surface area contributed by atoms with Gasteiger partial charge in [-0.2, -0.15) is 26.3 Å². The number of rotatable bonds is 5. The maximum atomic E-state index is 12.4. The fraction of sp³-hybridized carbons (Fsp3) is 0.917. The molecule has 0 aliphatic carbocycles. The lowest BCUT2D eigenvalue weighted by Gasteiger charge is -2.29. The maximum Gasteiger partial charge on any atom is 0.400 e. The molecule has 0 saturated carbocycles. The summed E-state index contributed by atoms with van der Waals surface area (Å²) in [6.07, 6.45) is -12.6. The van der Waals surface area contributed by atoms with Crippen molar-refractivity contribution in [3.63, 3.8) is 0 Å². The van der Waals surface area contributed by atoms with Gasteiger partial charge in [0.1, 0.15) is 0 Å². The van der Waals surface area contributed by atoms with Crippen LogP contribution in [-0.4, -0.2) is 74.5 Å². The van der Waals surface area contributed by atoms with E-state index in [1.165, 1.54) is 7.05 Å². The number of nitrogens with zero attached hydrogens (tertiary/aromatic N) is 2. The van der Waals surface area contributed by atoms with Crippen LogP contribution in [0.4, 0.5) is 26.3 Å². The molecule has 0 spiro atoms. The summed E-state index contributed by atoms with van der Waals surface area (Å²) < 4.78 is 79.5. The summed E-state index contributed by atoms with van der Waals surface area (Å²) in [7, 11) is 1.20. The first-order valence-electron chi connectivity index (χ1n) is 6.69. The lowest BCUT2D eigenvalue weighted by molar-refractivity contribution is -0.284. The normalized spacial score (nSPS) is 17.8. The molecular weight excluding hydrogens is 318 g/mol. The van der Waals surface area contributed by atoms with Crippen LogP contribution in [0.3, 0.4) is 0 Å². The van der Waals surface area contributed by atoms with Gasteiger partial charge in [-0.05, 0) is 0 Å². The Kier molecular flexibility index (Phi) is 6.48. The van der Waals surface area contributed by atoms with Crippen molar-refractivity contribution in [1.29, 1.82) is 0 Å². The molecule has 0 aromatic heterocycles. The minimum atomic E-state index is -5.49. The number of amides is 1. The molecule has 10 heteroatoms. The molecule has 0 aromatic rings. The smallest absolute Gasteiger partial charge is 0.379 e. The monoisotopic (exact) mass is 336 g/mol. The van der Waals surface area contributed by atoms with E-state index in [0.29, 0.717) is 32.8 Å². The standard InChI is InChI=1S/C12H18F6N2O2/c1-19(2-3-20-4-6-22-7-5-20)10(21)8-9(11(13,14)15)12(16,17)18/h9H,2-8H2,1H3. The number of ether oxygens (including phenoxy) is 1. The van der Waals surface area contributed by atoms with E-state index >= 15 is 0 Å². The molecule has 0 N–H and O–H groups in total. The topological polar surface area (TPSA) is 32.8 Å². The molecule has 0 unspecified atom stereocenters. The first-order valence-corrected chi connectivity index (χ1v) is 6.69. The van der Waals surface area contributed by atoms with Gasteiger partial charge in [-0.1, -0.05) is 0 Å². The van der Waals surface area contributed by atoms with Gasteiger partial charge < -0.3 is 9.64 Å². The summed E-state index contributed by atoms with van der Waals surface area (Å²) in [5.41, 5.74) is 0. The highest BCUT2D eigenvalue weighted by Gasteiger charge is 2.57. The Labute approximate surface area is 124 Å². The highest BCUT2D eigenvalue weighted by atomic mass is 19.4. The third kappa shape index (κ3) is 5.99. The predicted octanol–water partition coefficient (Wildman–Crippen LogP) is 1.91. The second-order valence-electron chi connectivity index (χ2n) is 5.11. The molecule has 0 aromatic carbocycles. The zero-order chi connectivity index (χ0) is 17.0. The predicted molar refractivity (Wildman–Crippen MR) is 65.1 cm³/mol. The van der Waals surface area contributed by atoms with E-state index in [0.717, 1.165) is 4.90 Å². The quantitative estimate of drug-likeness (QED) is 0.719. The molecule has 130 valence electrons. The van der Waals surface area contributed by atoms with Crippen molar-refractivity contribution in [1.82, 2.24) is 9.80 Å². The minimum Gasteiger partial charge on any atom is -0.379 e. The second-order valence-corrected chi connectivity index (χ2v) is 5.11. The van der Waals surface area contributed by atoms with Crippen LogP contribution in [0.15, 0.2) is 0 Å². The number of carbonyl (C=O) groups is 1. The van der Waals surface area contributed by atoms with Crippen molar-refractivity contribution in [2.75, 3.05) is 46.4 Å². The van der Waals surface area contributed by atoms with Gasteiger partial charge in [0.05, 0.1) is 13.2 Å². The number of carbonyl (C=O) groups excluding carboxylic acids is 1. The van der Waals surface area contributed by atoms with Gasteiger partial charge in [-0.25, -0.2) is 0 Å². The van der Waals surface area contributed by atoms with E-state index in [9.17, 15) is 31.1 Å². The molecular formula is C12H18F6N2O2. The molecule has 1 saturated heterocycles. The van der Waals surface area contributed by atoms with Crippen molar-refractivity contribution < 1.29 is 35.9 Å². The second kappa shape index (κ2) is 7.49. The summed E-state index contributed by atoms with van der Waals surface area (Å²) in [6.45, 7) is 2.73. The molecule has 1 aliphatic heterocycles. The summed E-state index contributed by atoms with van der Waals surface area (Å²) in [5.74, 6) is -4.80. The molecule has 22 heavy (non-hydrogen) atoms. The summed E-state index contributed by atoms with van der Waals surface area (Å²) >= 11 is 0. The van der Waals surface area contributed by atoms with Gasteiger partial charge in [-0.3, -0.25) is 9.69 Å². The van der Waals surface area contributed by atoms with Crippen LogP contribution < -0.4 is 0 Å². The van der Waals surface area contributed by atoms with Crippen molar-refractivity contribution in [2.24, 2.45) is 5.92 Å². The van der Waals surface area contributed by atoms with Crippen LogP contribution in [0, 0.1) is 5.92 Å². The fourth-order valence-corrected chi connectivity index (χ4v) is 1.99. The highest BCUT2D eigenvalue weighted by Crippen LogP contribution is 2.41. The summed E-state index contributed by atoms with van der Waals surface area (Å²) in [6, 6.07) is 0. The third-order valence-electron chi connectivity index (χ3n) is 3.45. The molecule has 1 fully saturated rings. The zero-order valence-electron chi connectivity index (χ0n) is 12.0. The van der Waals surface area contributed by atoms with Crippen molar-refractivity contribution >= 4 is 5.91 Å². The number of morpholine rings is 1. The number of likely N-dealkylation sites (N-methyl/N-ethyl adjacent to an activating group) is 1. The molecule has 4 nitrogen and oxygen atoms in total. The number of halogens is 6. The summed E-state index contributed by atoms with van der Waals surface area (Å²) in [4.78, 5) is 14.4. The van der Waals surface area contributed by atoms with E-state index < -0.39 is 30.6 Å². The van der Waals surface area contributed by atoms with E-state index in [1.807, 2.05) is 4.90 Å². The number of hydrogen-bond acceptors (Lipinski definition) is 3. The third-order valence-corrected chi connectivity index (χ3v) is 3.45. The van der Waals surface area contributed by atoms with E-state index in [2.05, 4.69) is 0 Å². The lowest BCUT2D eigenvalue weighted by atomic mass is 10.0. The van der Waals surface area contributed by atoms with Gasteiger partial charge in [-0.15, -0.1) is 0 Å². The Bertz CT molecular complexity index is 352. The molecule has 0 radical (unpaired) electrons. The largest absolute Gasteiger partial charge is 0.400 e. The molecule has 0 bridgehead atoms. The maximum absolute atomic E-state index is 12.4. The van der Waals surface area contributed by atoms with Crippen LogP contribution in [-0.2, 0) is 9.53 Å². The number of alkyl halides is 6. The van der Waals surface area contributed by atoms with E-state index in [4.69, 9.17) is 4.74 Å². The highest BCUT2D eigenvalue weighted by molar-refractivity contribution is 5.76.